The van der Waals surface area contributed by atoms with Gasteiger partial charge in [0.2, 0.25) is 5.91 Å². The molecule has 0 saturated heterocycles. The van der Waals surface area contributed by atoms with Crippen molar-refractivity contribution in [1.29, 1.82) is 0 Å². The SMILES string of the molecule is C[C@H]1CCc2c(sc(NC(=O)CCCC(=O)O)c2C(=O)NCc2cccnc2)C1. The van der Waals surface area contributed by atoms with Crippen LogP contribution in [0, 0.1) is 5.92 Å². The standard InChI is InChI=1S/C21H25N3O4S/c1-13-7-8-15-16(10-13)29-21(24-17(25)5-2-6-18(26)27)19(15)20(28)23-12-14-4-3-9-22-11-14/h3-4,9,11,13H,2,5-8,10,12H2,1H3,(H,23,28)(H,24,25)(H,26,27)/t13-/m0/s1. The van der Waals surface area contributed by atoms with Crippen molar-refractivity contribution in [2.75, 3.05) is 5.32 Å². The summed E-state index contributed by atoms with van der Waals surface area (Å²) in [7, 11) is 0. The number of carboxylic acid groups (broad SMARTS) is 1. The number of nitrogens with one attached hydrogen (secondary N) is 2. The lowest BCUT2D eigenvalue weighted by Gasteiger charge is -2.18. The molecule has 0 aromatic carbocycles. The maximum Gasteiger partial charge on any atom is 0.303 e. The molecule has 29 heavy (non-hydrogen) atoms. The number of rotatable bonds is 8. The van der Waals surface area contributed by atoms with Crippen LogP contribution in [-0.2, 0) is 29.0 Å². The van der Waals surface area contributed by atoms with E-state index in [4.69, 9.17) is 5.11 Å². The summed E-state index contributed by atoms with van der Waals surface area (Å²) < 4.78 is 0. The van der Waals surface area contributed by atoms with Crippen molar-refractivity contribution >= 4 is 34.1 Å². The summed E-state index contributed by atoms with van der Waals surface area (Å²) in [6, 6.07) is 3.71. The van der Waals surface area contributed by atoms with Crippen molar-refractivity contribution in [3.8, 4) is 0 Å². The van der Waals surface area contributed by atoms with Crippen molar-refractivity contribution in [2.45, 2.75) is 52.0 Å². The van der Waals surface area contributed by atoms with Crippen molar-refractivity contribution < 1.29 is 19.5 Å². The summed E-state index contributed by atoms with van der Waals surface area (Å²) in [5.41, 5.74) is 2.47. The van der Waals surface area contributed by atoms with E-state index in [1.165, 1.54) is 11.3 Å². The van der Waals surface area contributed by atoms with E-state index in [1.807, 2.05) is 12.1 Å². The highest BCUT2D eigenvalue weighted by Gasteiger charge is 2.28. The highest BCUT2D eigenvalue weighted by molar-refractivity contribution is 7.17. The maximum absolute atomic E-state index is 13.0. The second kappa shape index (κ2) is 9.65. The Balaban J connectivity index is 1.75. The van der Waals surface area contributed by atoms with Gasteiger partial charge in [-0.25, -0.2) is 0 Å². The van der Waals surface area contributed by atoms with Gasteiger partial charge < -0.3 is 15.7 Å². The first kappa shape index (κ1) is 21.0. The number of anilines is 1. The lowest BCUT2D eigenvalue weighted by molar-refractivity contribution is -0.137. The molecule has 2 aromatic rings. The predicted octanol–water partition coefficient (Wildman–Crippen LogP) is 3.39. The molecule has 3 N–H and O–H groups in total. The molecular formula is C21H25N3O4S. The number of carbonyl (C=O) groups is 3. The molecular weight excluding hydrogens is 390 g/mol. The maximum atomic E-state index is 13.0. The topological polar surface area (TPSA) is 108 Å². The van der Waals surface area contributed by atoms with Gasteiger partial charge in [-0.2, -0.15) is 0 Å². The number of hydrogen-bond donors (Lipinski definition) is 3. The molecule has 154 valence electrons. The molecule has 0 bridgehead atoms. The van der Waals surface area contributed by atoms with E-state index in [1.54, 1.807) is 12.4 Å². The molecule has 0 radical (unpaired) electrons. The molecule has 1 aliphatic rings. The van der Waals surface area contributed by atoms with Gasteiger partial charge in [-0.15, -0.1) is 11.3 Å². The van der Waals surface area contributed by atoms with E-state index in [-0.39, 0.29) is 31.1 Å². The number of aliphatic carboxylic acids is 1. The molecule has 1 aliphatic carbocycles. The molecule has 0 saturated carbocycles. The number of carboxylic acids is 1. The highest BCUT2D eigenvalue weighted by atomic mass is 32.1. The van der Waals surface area contributed by atoms with Crippen LogP contribution in [0.5, 0.6) is 0 Å². The van der Waals surface area contributed by atoms with Crippen LogP contribution in [0.2, 0.25) is 0 Å². The summed E-state index contributed by atoms with van der Waals surface area (Å²) in [5, 5.41) is 15.1. The minimum atomic E-state index is -0.922. The zero-order valence-electron chi connectivity index (χ0n) is 16.4. The van der Waals surface area contributed by atoms with Crippen molar-refractivity contribution in [3.05, 3.63) is 46.1 Å². The van der Waals surface area contributed by atoms with Crippen LogP contribution in [-0.4, -0.2) is 27.9 Å². The number of hydrogen-bond acceptors (Lipinski definition) is 5. The molecule has 2 amide bonds. The minimum Gasteiger partial charge on any atom is -0.481 e. The fraction of sp³-hybridized carbons (Fsp3) is 0.429. The first-order valence-corrected chi connectivity index (χ1v) is 10.6. The molecule has 0 fully saturated rings. The molecule has 0 spiro atoms. The Morgan fingerprint density at radius 1 is 1.31 bits per heavy atom. The lowest BCUT2D eigenvalue weighted by Crippen LogP contribution is -2.26. The van der Waals surface area contributed by atoms with Crippen molar-refractivity contribution in [1.82, 2.24) is 10.3 Å². The Hall–Kier alpha value is -2.74. The third kappa shape index (κ3) is 5.63. The van der Waals surface area contributed by atoms with Gasteiger partial charge in [-0.3, -0.25) is 19.4 Å². The quantitative estimate of drug-likeness (QED) is 0.612. The van der Waals surface area contributed by atoms with Crippen molar-refractivity contribution in [2.24, 2.45) is 5.92 Å². The molecule has 0 aliphatic heterocycles. The number of carbonyl (C=O) groups excluding carboxylic acids is 2. The number of amides is 2. The third-order valence-electron chi connectivity index (χ3n) is 4.96. The predicted molar refractivity (Wildman–Crippen MR) is 111 cm³/mol. The van der Waals surface area contributed by atoms with Crippen LogP contribution in [0.1, 0.15) is 59.0 Å². The van der Waals surface area contributed by atoms with E-state index < -0.39 is 5.97 Å². The zero-order valence-corrected chi connectivity index (χ0v) is 17.2. The summed E-state index contributed by atoms with van der Waals surface area (Å²) in [6.45, 7) is 2.55. The first-order chi connectivity index (χ1) is 13.9. The lowest BCUT2D eigenvalue weighted by atomic mass is 9.88. The van der Waals surface area contributed by atoms with Crippen molar-refractivity contribution in [3.63, 3.8) is 0 Å². The molecule has 7 nitrogen and oxygen atoms in total. The number of fused-ring (bicyclic) bond motifs is 1. The van der Waals surface area contributed by atoms with Gasteiger partial charge in [-0.1, -0.05) is 13.0 Å². The van der Waals surface area contributed by atoms with E-state index in [0.717, 1.165) is 35.3 Å². The molecule has 2 heterocycles. The minimum absolute atomic E-state index is 0.0513. The number of aromatic nitrogens is 1. The molecule has 8 heteroatoms. The van der Waals surface area contributed by atoms with E-state index in [2.05, 4.69) is 22.5 Å². The van der Waals surface area contributed by atoms with E-state index in [9.17, 15) is 14.4 Å². The molecule has 2 aromatic heterocycles. The Labute approximate surface area is 173 Å². The van der Waals surface area contributed by atoms with E-state index >= 15 is 0 Å². The van der Waals surface area contributed by atoms with Gasteiger partial charge >= 0.3 is 5.97 Å². The fourth-order valence-electron chi connectivity index (χ4n) is 3.44. The molecule has 1 atom stereocenters. The van der Waals surface area contributed by atoms with Gasteiger partial charge in [0.1, 0.15) is 5.00 Å². The zero-order chi connectivity index (χ0) is 20.8. The van der Waals surface area contributed by atoms with Gasteiger partial charge in [0, 0.05) is 36.7 Å². The van der Waals surface area contributed by atoms with Crippen LogP contribution < -0.4 is 10.6 Å². The Bertz CT molecular complexity index is 895. The summed E-state index contributed by atoms with van der Waals surface area (Å²) in [5.74, 6) is -0.846. The summed E-state index contributed by atoms with van der Waals surface area (Å²) in [6.07, 6.45) is 6.45. The Morgan fingerprint density at radius 2 is 2.14 bits per heavy atom. The molecule has 3 rings (SSSR count). The number of pyridine rings is 1. The smallest absolute Gasteiger partial charge is 0.303 e. The summed E-state index contributed by atoms with van der Waals surface area (Å²) >= 11 is 1.46. The van der Waals surface area contributed by atoms with Gasteiger partial charge in [0.15, 0.2) is 0 Å². The molecule has 0 unspecified atom stereocenters. The van der Waals surface area contributed by atoms with E-state index in [0.29, 0.717) is 23.0 Å². The average molecular weight is 416 g/mol. The monoisotopic (exact) mass is 415 g/mol. The van der Waals surface area contributed by atoms with Gasteiger partial charge in [0.05, 0.1) is 5.56 Å². The van der Waals surface area contributed by atoms with Crippen LogP contribution in [0.25, 0.3) is 0 Å². The Morgan fingerprint density at radius 3 is 2.86 bits per heavy atom. The largest absolute Gasteiger partial charge is 0.481 e. The van der Waals surface area contributed by atoms with Gasteiger partial charge in [-0.05, 0) is 48.8 Å². The normalized spacial score (nSPS) is 15.4. The Kier molecular flexibility index (Phi) is 6.98. The van der Waals surface area contributed by atoms with Gasteiger partial charge in [0.25, 0.3) is 5.91 Å². The summed E-state index contributed by atoms with van der Waals surface area (Å²) in [4.78, 5) is 41.1. The first-order valence-electron chi connectivity index (χ1n) is 9.77. The van der Waals surface area contributed by atoms with Crippen LogP contribution in [0.4, 0.5) is 5.00 Å². The second-order valence-corrected chi connectivity index (χ2v) is 8.50. The van der Waals surface area contributed by atoms with Crippen LogP contribution in [0.15, 0.2) is 24.5 Å². The number of nitrogens with zero attached hydrogens (tertiary/aromatic N) is 1. The highest BCUT2D eigenvalue weighted by Crippen LogP contribution is 2.39. The number of thiophene rings is 1. The second-order valence-electron chi connectivity index (χ2n) is 7.40. The third-order valence-corrected chi connectivity index (χ3v) is 6.13. The van der Waals surface area contributed by atoms with Crippen LogP contribution in [0.3, 0.4) is 0 Å². The fourth-order valence-corrected chi connectivity index (χ4v) is 4.87. The van der Waals surface area contributed by atoms with Crippen LogP contribution >= 0.6 is 11.3 Å². The average Bonchev–Trinajstić information content (AvgIpc) is 3.03.